The molecule has 0 heterocycles. The Morgan fingerprint density at radius 2 is 1.44 bits per heavy atom. The molecule has 1 aromatic carbocycles. The van der Waals surface area contributed by atoms with E-state index in [0.717, 1.165) is 17.7 Å². The maximum atomic E-state index is 2.49. The van der Waals surface area contributed by atoms with Crippen LogP contribution in [-0.4, -0.2) is 11.3 Å². The summed E-state index contributed by atoms with van der Waals surface area (Å²) < 4.78 is 0. The van der Waals surface area contributed by atoms with Crippen molar-refractivity contribution in [1.29, 1.82) is 0 Å². The number of rotatable bonds is 6. The summed E-state index contributed by atoms with van der Waals surface area (Å²) in [6.07, 6.45) is 24.7. The van der Waals surface area contributed by atoms with Crippen LogP contribution in [0.2, 0.25) is 0 Å². The van der Waals surface area contributed by atoms with Gasteiger partial charge in [0, 0.05) is 0 Å². The van der Waals surface area contributed by atoms with Crippen molar-refractivity contribution in [3.63, 3.8) is 0 Å². The van der Waals surface area contributed by atoms with Gasteiger partial charge in [-0.1, -0.05) is 95.0 Å². The summed E-state index contributed by atoms with van der Waals surface area (Å²) in [5.41, 5.74) is 3.59. The molecule has 2 aliphatic carbocycles. The SMILES string of the molecule is C/C=C\C=C/Cc1ccccc1P(C1CCCCC1)C1CCCCC1. The molecule has 0 nitrogen and oxygen atoms in total. The van der Waals surface area contributed by atoms with E-state index in [9.17, 15) is 0 Å². The van der Waals surface area contributed by atoms with E-state index >= 15 is 0 Å². The molecule has 0 aromatic heterocycles. The zero-order chi connectivity index (χ0) is 17.3. The van der Waals surface area contributed by atoms with E-state index in [4.69, 9.17) is 0 Å². The number of allylic oxidation sites excluding steroid dienone is 4. The predicted molar refractivity (Wildman–Crippen MR) is 114 cm³/mol. The Hall–Kier alpha value is -0.870. The summed E-state index contributed by atoms with van der Waals surface area (Å²) >= 11 is 0. The topological polar surface area (TPSA) is 0 Å². The van der Waals surface area contributed by atoms with Crippen LogP contribution >= 0.6 is 7.92 Å². The molecule has 2 saturated carbocycles. The number of benzene rings is 1. The van der Waals surface area contributed by atoms with Gasteiger partial charge in [-0.3, -0.25) is 0 Å². The number of hydrogen-bond donors (Lipinski definition) is 0. The molecule has 2 fully saturated rings. The van der Waals surface area contributed by atoms with Gasteiger partial charge in [0.1, 0.15) is 0 Å². The Labute approximate surface area is 156 Å². The van der Waals surface area contributed by atoms with Gasteiger partial charge in [0.05, 0.1) is 0 Å². The van der Waals surface area contributed by atoms with Crippen LogP contribution in [0.15, 0.2) is 48.6 Å². The van der Waals surface area contributed by atoms with Crippen LogP contribution in [0.4, 0.5) is 0 Å². The molecule has 0 N–H and O–H groups in total. The zero-order valence-electron chi connectivity index (χ0n) is 16.0. The highest BCUT2D eigenvalue weighted by Crippen LogP contribution is 2.55. The molecule has 0 amide bonds. The second-order valence-electron chi connectivity index (χ2n) is 7.78. The lowest BCUT2D eigenvalue weighted by Gasteiger charge is -2.39. The second kappa shape index (κ2) is 10.3. The molecule has 0 saturated heterocycles. The van der Waals surface area contributed by atoms with Crippen LogP contribution < -0.4 is 5.30 Å². The van der Waals surface area contributed by atoms with Gasteiger partial charge in [0.25, 0.3) is 0 Å². The quantitative estimate of drug-likeness (QED) is 0.376. The van der Waals surface area contributed by atoms with Crippen molar-refractivity contribution in [2.75, 3.05) is 0 Å². The van der Waals surface area contributed by atoms with Crippen LogP contribution in [0.1, 0.15) is 76.7 Å². The highest BCUT2D eigenvalue weighted by molar-refractivity contribution is 7.67. The minimum Gasteiger partial charge on any atom is -0.0877 e. The monoisotopic (exact) mass is 354 g/mol. The first-order valence-electron chi connectivity index (χ1n) is 10.5. The molecule has 1 heteroatoms. The lowest BCUT2D eigenvalue weighted by Crippen LogP contribution is -2.27. The Balaban J connectivity index is 1.86. The van der Waals surface area contributed by atoms with Gasteiger partial charge >= 0.3 is 0 Å². The first-order chi connectivity index (χ1) is 12.4. The van der Waals surface area contributed by atoms with Gasteiger partial charge in [-0.05, 0) is 61.2 Å². The molecular weight excluding hydrogens is 319 g/mol. The van der Waals surface area contributed by atoms with Crippen LogP contribution in [0.3, 0.4) is 0 Å². The fourth-order valence-electron chi connectivity index (χ4n) is 4.73. The summed E-state index contributed by atoms with van der Waals surface area (Å²) in [5.74, 6) is 0. The third kappa shape index (κ3) is 5.30. The lowest BCUT2D eigenvalue weighted by atomic mass is 9.99. The zero-order valence-corrected chi connectivity index (χ0v) is 16.9. The van der Waals surface area contributed by atoms with Gasteiger partial charge < -0.3 is 0 Å². The molecule has 0 aliphatic heterocycles. The minimum absolute atomic E-state index is 0.0108. The Kier molecular flexibility index (Phi) is 7.81. The van der Waals surface area contributed by atoms with Gasteiger partial charge in [-0.15, -0.1) is 0 Å². The average molecular weight is 355 g/mol. The van der Waals surface area contributed by atoms with E-state index in [2.05, 4.69) is 55.5 Å². The van der Waals surface area contributed by atoms with Crippen molar-refractivity contribution in [3.05, 3.63) is 54.1 Å². The molecule has 0 atom stereocenters. The van der Waals surface area contributed by atoms with Crippen LogP contribution in [0, 0.1) is 0 Å². The van der Waals surface area contributed by atoms with Crippen molar-refractivity contribution < 1.29 is 0 Å². The standard InChI is InChI=1S/C24H35P/c1-2-3-4-7-14-21-15-12-13-20-24(21)25(22-16-8-5-9-17-22)23-18-10-6-11-19-23/h2-4,7,12-13,15,20,22-23H,5-6,8-11,14,16-19H2,1H3/b3-2-,7-4-. The van der Waals surface area contributed by atoms with Crippen LogP contribution in [0.25, 0.3) is 0 Å². The highest BCUT2D eigenvalue weighted by Gasteiger charge is 2.33. The molecule has 1 aromatic rings. The Morgan fingerprint density at radius 3 is 2.04 bits per heavy atom. The summed E-state index contributed by atoms with van der Waals surface area (Å²) in [5, 5.41) is 1.75. The van der Waals surface area contributed by atoms with E-state index in [-0.39, 0.29) is 7.92 Å². The normalized spacial score (nSPS) is 20.9. The van der Waals surface area contributed by atoms with E-state index < -0.39 is 0 Å². The van der Waals surface area contributed by atoms with Gasteiger partial charge in [-0.25, -0.2) is 0 Å². The van der Waals surface area contributed by atoms with E-state index in [1.54, 1.807) is 10.9 Å². The molecule has 136 valence electrons. The predicted octanol–water partition coefficient (Wildman–Crippen LogP) is 7.13. The molecule has 0 spiro atoms. The summed E-state index contributed by atoms with van der Waals surface area (Å²) in [4.78, 5) is 0. The summed E-state index contributed by atoms with van der Waals surface area (Å²) in [7, 11) is 0.0108. The molecule has 0 bridgehead atoms. The summed E-state index contributed by atoms with van der Waals surface area (Å²) in [6.45, 7) is 2.09. The van der Waals surface area contributed by atoms with Gasteiger partial charge in [0.15, 0.2) is 0 Å². The molecule has 25 heavy (non-hydrogen) atoms. The second-order valence-corrected chi connectivity index (χ2v) is 10.5. The average Bonchev–Trinajstić information content (AvgIpc) is 2.68. The third-order valence-electron chi connectivity index (χ3n) is 5.98. The van der Waals surface area contributed by atoms with Crippen molar-refractivity contribution in [2.45, 2.75) is 88.9 Å². The van der Waals surface area contributed by atoms with E-state index in [0.29, 0.717) is 0 Å². The molecule has 0 radical (unpaired) electrons. The molecule has 0 unspecified atom stereocenters. The lowest BCUT2D eigenvalue weighted by molar-refractivity contribution is 0.487. The fourth-order valence-corrected chi connectivity index (χ4v) is 8.71. The Bertz CT molecular complexity index is 541. The van der Waals surface area contributed by atoms with Crippen molar-refractivity contribution >= 4 is 13.2 Å². The maximum absolute atomic E-state index is 2.49. The highest BCUT2D eigenvalue weighted by atomic mass is 31.1. The van der Waals surface area contributed by atoms with Crippen LogP contribution in [0.5, 0.6) is 0 Å². The number of hydrogen-bond acceptors (Lipinski definition) is 0. The Morgan fingerprint density at radius 1 is 0.840 bits per heavy atom. The summed E-state index contributed by atoms with van der Waals surface area (Å²) in [6, 6.07) is 9.44. The van der Waals surface area contributed by atoms with Crippen molar-refractivity contribution in [3.8, 4) is 0 Å². The fraction of sp³-hybridized carbons (Fsp3) is 0.583. The minimum atomic E-state index is 0.0108. The van der Waals surface area contributed by atoms with Crippen LogP contribution in [-0.2, 0) is 6.42 Å². The van der Waals surface area contributed by atoms with E-state index in [1.807, 2.05) is 0 Å². The third-order valence-corrected chi connectivity index (χ3v) is 9.58. The van der Waals surface area contributed by atoms with Gasteiger partial charge in [-0.2, -0.15) is 0 Å². The smallest absolute Gasteiger partial charge is 0.00880 e. The van der Waals surface area contributed by atoms with Crippen molar-refractivity contribution in [1.82, 2.24) is 0 Å². The maximum Gasteiger partial charge on any atom is -0.00880 e. The molecular formula is C24H35P. The van der Waals surface area contributed by atoms with Crippen molar-refractivity contribution in [2.24, 2.45) is 0 Å². The van der Waals surface area contributed by atoms with E-state index in [1.165, 1.54) is 64.2 Å². The first-order valence-corrected chi connectivity index (χ1v) is 12.0. The molecule has 3 rings (SSSR count). The molecule has 2 aliphatic rings. The largest absolute Gasteiger partial charge is 0.0877 e. The van der Waals surface area contributed by atoms with Gasteiger partial charge in [0.2, 0.25) is 0 Å². The first kappa shape index (κ1) is 18.9.